The van der Waals surface area contributed by atoms with Crippen molar-refractivity contribution >= 4 is 52.9 Å². The van der Waals surface area contributed by atoms with Crippen molar-refractivity contribution in [2.75, 3.05) is 32.8 Å². The highest BCUT2D eigenvalue weighted by molar-refractivity contribution is 6.37. The minimum absolute atomic E-state index is 0.0453. The SMILES string of the molecule is Cc1cc(Cl)c(OCCOc2ccc([C@H]3CCN(C(=O)O)C[C@@H]3C(=O)N(Cc3cc(CN(CC4CC4)C(=O)OC(C)(C)C)ccc3Cl)C3CC3)cc2)c(Cl)c1. The lowest BCUT2D eigenvalue weighted by Gasteiger charge is -2.39. The van der Waals surface area contributed by atoms with E-state index in [2.05, 4.69) is 0 Å². The summed E-state index contributed by atoms with van der Waals surface area (Å²) in [6.45, 7) is 9.70. The van der Waals surface area contributed by atoms with Crippen LogP contribution in [0.15, 0.2) is 54.6 Å². The Balaban J connectivity index is 1.14. The van der Waals surface area contributed by atoms with Crippen LogP contribution in [0.2, 0.25) is 15.1 Å². The van der Waals surface area contributed by atoms with Gasteiger partial charge in [0.1, 0.15) is 24.6 Å². The lowest BCUT2D eigenvalue weighted by Crippen LogP contribution is -2.49. The second kappa shape index (κ2) is 17.5. The molecular formula is C42H50Cl3N3O7. The zero-order valence-corrected chi connectivity index (χ0v) is 34.1. The summed E-state index contributed by atoms with van der Waals surface area (Å²) in [6, 6.07) is 17.0. The molecule has 2 aliphatic carbocycles. The monoisotopic (exact) mass is 813 g/mol. The number of piperidine rings is 1. The summed E-state index contributed by atoms with van der Waals surface area (Å²) in [7, 11) is 0. The quantitative estimate of drug-likeness (QED) is 0.162. The summed E-state index contributed by atoms with van der Waals surface area (Å²) in [5.74, 6) is 0.659. The van der Waals surface area contributed by atoms with Gasteiger partial charge >= 0.3 is 12.2 Å². The van der Waals surface area contributed by atoms with Crippen LogP contribution in [-0.4, -0.2) is 82.4 Å². The number of hydrogen-bond donors (Lipinski definition) is 1. The molecule has 3 amide bonds. The van der Waals surface area contributed by atoms with Gasteiger partial charge in [-0.2, -0.15) is 0 Å². The second-order valence-corrected chi connectivity index (χ2v) is 17.2. The third kappa shape index (κ3) is 11.1. The van der Waals surface area contributed by atoms with Crippen LogP contribution in [0.1, 0.15) is 81.0 Å². The van der Waals surface area contributed by atoms with Gasteiger partial charge < -0.3 is 34.0 Å². The second-order valence-electron chi connectivity index (χ2n) is 16.0. The van der Waals surface area contributed by atoms with Gasteiger partial charge in [0.2, 0.25) is 5.91 Å². The topological polar surface area (TPSA) is 109 Å². The molecule has 13 heteroatoms. The van der Waals surface area contributed by atoms with Gasteiger partial charge in [-0.25, -0.2) is 9.59 Å². The number of rotatable bonds is 14. The van der Waals surface area contributed by atoms with Crippen LogP contribution in [0.4, 0.5) is 9.59 Å². The molecular weight excluding hydrogens is 765 g/mol. The average Bonchev–Trinajstić information content (AvgIpc) is 4.06. The number of halogens is 3. The van der Waals surface area contributed by atoms with Crippen LogP contribution in [0.3, 0.4) is 0 Å². The Kier molecular flexibility index (Phi) is 13.0. The maximum atomic E-state index is 14.6. The summed E-state index contributed by atoms with van der Waals surface area (Å²) < 4.78 is 17.4. The zero-order chi connectivity index (χ0) is 39.4. The van der Waals surface area contributed by atoms with Crippen LogP contribution in [0, 0.1) is 18.8 Å². The van der Waals surface area contributed by atoms with Gasteiger partial charge in [0.05, 0.1) is 16.0 Å². The molecule has 0 aromatic heterocycles. The number of benzene rings is 3. The lowest BCUT2D eigenvalue weighted by molar-refractivity contribution is -0.139. The van der Waals surface area contributed by atoms with Crippen LogP contribution < -0.4 is 9.47 Å². The molecule has 10 nitrogen and oxygen atoms in total. The number of hydrogen-bond acceptors (Lipinski definition) is 6. The summed E-state index contributed by atoms with van der Waals surface area (Å²) in [5, 5.41) is 11.4. The van der Waals surface area contributed by atoms with Crippen LogP contribution in [0.5, 0.6) is 11.5 Å². The summed E-state index contributed by atoms with van der Waals surface area (Å²) in [6.07, 6.45) is 3.05. The molecule has 3 aromatic carbocycles. The van der Waals surface area contributed by atoms with Gasteiger partial charge in [0.25, 0.3) is 0 Å². The number of nitrogens with zero attached hydrogens (tertiary/aromatic N) is 3. The van der Waals surface area contributed by atoms with Crippen LogP contribution in [-0.2, 0) is 22.6 Å². The van der Waals surface area contributed by atoms with E-state index >= 15 is 0 Å². The number of carbonyl (C=O) groups is 3. The number of carboxylic acid groups (broad SMARTS) is 1. The Morgan fingerprint density at radius 1 is 0.855 bits per heavy atom. The van der Waals surface area contributed by atoms with E-state index < -0.39 is 17.6 Å². The first-order valence-electron chi connectivity index (χ1n) is 19.0. The van der Waals surface area contributed by atoms with Crippen molar-refractivity contribution < 1.29 is 33.7 Å². The van der Waals surface area contributed by atoms with E-state index in [-0.39, 0.29) is 50.3 Å². The Morgan fingerprint density at radius 2 is 1.53 bits per heavy atom. The van der Waals surface area contributed by atoms with Gasteiger partial charge in [0, 0.05) is 43.8 Å². The molecule has 3 fully saturated rings. The molecule has 0 spiro atoms. The van der Waals surface area contributed by atoms with E-state index in [1.807, 2.05) is 75.1 Å². The molecule has 6 rings (SSSR count). The van der Waals surface area contributed by atoms with Crippen molar-refractivity contribution in [3.8, 4) is 11.5 Å². The average molecular weight is 815 g/mol. The smallest absolute Gasteiger partial charge is 0.410 e. The van der Waals surface area contributed by atoms with Gasteiger partial charge in [-0.15, -0.1) is 0 Å². The van der Waals surface area contributed by atoms with E-state index in [0.717, 1.165) is 47.9 Å². The van der Waals surface area contributed by atoms with Crippen molar-refractivity contribution in [1.29, 1.82) is 0 Å². The highest BCUT2D eigenvalue weighted by Crippen LogP contribution is 2.39. The number of amides is 3. The Labute approximate surface area is 338 Å². The molecule has 1 saturated heterocycles. The number of ether oxygens (including phenoxy) is 3. The molecule has 1 aliphatic heterocycles. The summed E-state index contributed by atoms with van der Waals surface area (Å²) in [5.41, 5.74) is 2.96. The minimum atomic E-state index is -1.04. The normalized spacial score (nSPS) is 18.4. The molecule has 2 saturated carbocycles. The predicted octanol–water partition coefficient (Wildman–Crippen LogP) is 9.83. The van der Waals surface area contributed by atoms with Crippen molar-refractivity contribution in [2.45, 2.75) is 90.4 Å². The number of carbonyl (C=O) groups excluding carboxylic acids is 2. The van der Waals surface area contributed by atoms with E-state index in [1.165, 1.54) is 4.90 Å². The largest absolute Gasteiger partial charge is 0.490 e. The maximum absolute atomic E-state index is 14.6. The van der Waals surface area contributed by atoms with E-state index in [4.69, 9.17) is 49.0 Å². The lowest BCUT2D eigenvalue weighted by atomic mass is 9.79. The Morgan fingerprint density at radius 3 is 2.15 bits per heavy atom. The standard InChI is InChI=1S/C42H50Cl3N3O7/c1-26-19-36(44)38(37(45)20-26)54-18-17-53-32-12-8-29(9-13-32)33-15-16-46(40(50)51)25-34(33)39(49)48(31-10-11-31)24-30-21-28(7-14-35(30)43)23-47(22-27-5-6-27)41(52)55-42(2,3)4/h7-9,12-14,19-21,27,31,33-34H,5-6,10-11,15-18,22-25H2,1-4H3,(H,50,51)/t33-,34+/m1/s1. The van der Waals surface area contributed by atoms with E-state index in [9.17, 15) is 19.5 Å². The molecule has 0 radical (unpaired) electrons. The van der Waals surface area contributed by atoms with Gasteiger partial charge in [-0.05, 0) is 124 Å². The van der Waals surface area contributed by atoms with E-state index in [0.29, 0.717) is 58.5 Å². The van der Waals surface area contributed by atoms with Gasteiger partial charge in [-0.3, -0.25) is 4.79 Å². The zero-order valence-electron chi connectivity index (χ0n) is 31.9. The molecule has 55 heavy (non-hydrogen) atoms. The third-order valence-electron chi connectivity index (χ3n) is 10.2. The molecule has 0 bridgehead atoms. The minimum Gasteiger partial charge on any atom is -0.490 e. The number of likely N-dealkylation sites (tertiary alicyclic amines) is 1. The van der Waals surface area contributed by atoms with E-state index in [1.54, 1.807) is 17.0 Å². The van der Waals surface area contributed by atoms with Gasteiger partial charge in [-0.1, -0.05) is 59.1 Å². The van der Waals surface area contributed by atoms with Gasteiger partial charge in [0.15, 0.2) is 5.75 Å². The Hall–Kier alpha value is -3.86. The van der Waals surface area contributed by atoms with Crippen molar-refractivity contribution in [3.05, 3.63) is 91.9 Å². The van der Waals surface area contributed by atoms with Crippen molar-refractivity contribution in [1.82, 2.24) is 14.7 Å². The summed E-state index contributed by atoms with van der Waals surface area (Å²) >= 11 is 19.4. The molecule has 3 aliphatic rings. The first-order chi connectivity index (χ1) is 26.1. The molecule has 3 aromatic rings. The van der Waals surface area contributed by atoms with Crippen molar-refractivity contribution in [3.63, 3.8) is 0 Å². The van der Waals surface area contributed by atoms with Crippen LogP contribution >= 0.6 is 34.8 Å². The third-order valence-corrected chi connectivity index (χ3v) is 11.1. The molecule has 2 atom stereocenters. The molecule has 296 valence electrons. The summed E-state index contributed by atoms with van der Waals surface area (Å²) in [4.78, 5) is 44.9. The maximum Gasteiger partial charge on any atom is 0.410 e. The first kappa shape index (κ1) is 40.8. The molecule has 1 N–H and O–H groups in total. The highest BCUT2D eigenvalue weighted by atomic mass is 35.5. The fourth-order valence-corrected chi connectivity index (χ4v) is 7.98. The molecule has 0 unspecified atom stereocenters. The fraction of sp³-hybridized carbons (Fsp3) is 0.500. The van der Waals surface area contributed by atoms with Crippen LogP contribution in [0.25, 0.3) is 0 Å². The molecule has 1 heterocycles. The first-order valence-corrected chi connectivity index (χ1v) is 20.1. The Bertz CT molecular complexity index is 1840. The highest BCUT2D eigenvalue weighted by Gasteiger charge is 2.43. The number of aryl methyl sites for hydroxylation is 1. The fourth-order valence-electron chi connectivity index (χ4n) is 7.09. The van der Waals surface area contributed by atoms with Crippen molar-refractivity contribution in [2.24, 2.45) is 11.8 Å². The predicted molar refractivity (Wildman–Crippen MR) is 213 cm³/mol.